The zero-order chi connectivity index (χ0) is 24.1. The monoisotopic (exact) mass is 492 g/mol. The van der Waals surface area contributed by atoms with Crippen molar-refractivity contribution in [1.29, 1.82) is 0 Å². The highest BCUT2D eigenvalue weighted by molar-refractivity contribution is 8.04. The van der Waals surface area contributed by atoms with Gasteiger partial charge in [-0.2, -0.15) is 0 Å². The molecule has 3 aromatic rings. The summed E-state index contributed by atoms with van der Waals surface area (Å²) in [6.45, 7) is 2.24. The van der Waals surface area contributed by atoms with Gasteiger partial charge in [0.1, 0.15) is 10.6 Å². The first-order chi connectivity index (χ1) is 16.5. The Hall–Kier alpha value is -3.55. The number of nitrogens with zero attached hydrogens (tertiary/aromatic N) is 1. The van der Waals surface area contributed by atoms with E-state index in [4.69, 9.17) is 16.3 Å². The molecular formula is C26H21ClN2O4S. The third-order valence-electron chi connectivity index (χ3n) is 4.92. The minimum atomic E-state index is -0.480. The molecule has 34 heavy (non-hydrogen) atoms. The topological polar surface area (TPSA) is 75.7 Å². The summed E-state index contributed by atoms with van der Waals surface area (Å²) in [5.74, 6) is -1.38. The first-order valence-corrected chi connectivity index (χ1v) is 11.8. The first-order valence-electron chi connectivity index (χ1n) is 10.6. The van der Waals surface area contributed by atoms with E-state index in [1.165, 1.54) is 11.8 Å². The minimum Gasteiger partial charge on any atom is -0.462 e. The SMILES string of the molecule is CCCOC(=O)c1ccc(N2C(=O)C(Nc3ccccc3)=C(Sc3ccc(Cl)cc3)C2=O)cc1. The lowest BCUT2D eigenvalue weighted by molar-refractivity contribution is -0.120. The number of carbonyl (C=O) groups excluding carboxylic acids is 3. The second-order valence-corrected chi connectivity index (χ2v) is 8.90. The molecule has 3 aromatic carbocycles. The number of halogens is 1. The average molecular weight is 493 g/mol. The van der Waals surface area contributed by atoms with Crippen LogP contribution in [0.1, 0.15) is 23.7 Å². The minimum absolute atomic E-state index is 0.183. The molecule has 6 nitrogen and oxygen atoms in total. The van der Waals surface area contributed by atoms with Gasteiger partial charge in [0.25, 0.3) is 11.8 Å². The summed E-state index contributed by atoms with van der Waals surface area (Å²) in [5.41, 5.74) is 1.58. The summed E-state index contributed by atoms with van der Waals surface area (Å²) in [7, 11) is 0. The van der Waals surface area contributed by atoms with Crippen LogP contribution in [-0.4, -0.2) is 24.4 Å². The number of benzene rings is 3. The number of para-hydroxylation sites is 1. The standard InChI is InChI=1S/C26H21ClN2O4S/c1-2-16-33-26(32)17-8-12-20(13-9-17)29-24(30)22(28-19-6-4-3-5-7-19)23(25(29)31)34-21-14-10-18(27)11-15-21/h3-15,28H,2,16H2,1H3. The summed E-state index contributed by atoms with van der Waals surface area (Å²) in [5, 5.41) is 3.68. The molecule has 1 aliphatic heterocycles. The smallest absolute Gasteiger partial charge is 0.338 e. The van der Waals surface area contributed by atoms with Crippen LogP contribution in [-0.2, 0) is 14.3 Å². The Bertz CT molecular complexity index is 1240. The highest BCUT2D eigenvalue weighted by atomic mass is 35.5. The molecule has 0 fully saturated rings. The van der Waals surface area contributed by atoms with Gasteiger partial charge >= 0.3 is 5.97 Å². The van der Waals surface area contributed by atoms with Crippen molar-refractivity contribution in [2.75, 3.05) is 16.8 Å². The molecule has 8 heteroatoms. The Morgan fingerprint density at radius 2 is 1.62 bits per heavy atom. The van der Waals surface area contributed by atoms with Gasteiger partial charge in [0.2, 0.25) is 0 Å². The van der Waals surface area contributed by atoms with Crippen molar-refractivity contribution in [3.05, 3.63) is 100 Å². The molecule has 4 rings (SSSR count). The van der Waals surface area contributed by atoms with Crippen molar-refractivity contribution in [2.45, 2.75) is 18.2 Å². The molecule has 0 radical (unpaired) electrons. The van der Waals surface area contributed by atoms with Gasteiger partial charge in [-0.05, 0) is 67.1 Å². The van der Waals surface area contributed by atoms with Crippen LogP contribution in [0.3, 0.4) is 0 Å². The molecule has 172 valence electrons. The van der Waals surface area contributed by atoms with Crippen LogP contribution in [0.5, 0.6) is 0 Å². The lowest BCUT2D eigenvalue weighted by atomic mass is 10.2. The number of thioether (sulfide) groups is 1. The normalized spacial score (nSPS) is 13.4. The second kappa shape index (κ2) is 10.6. The maximum atomic E-state index is 13.4. The van der Waals surface area contributed by atoms with Crippen LogP contribution in [0.15, 0.2) is 94.4 Å². The van der Waals surface area contributed by atoms with E-state index in [1.54, 1.807) is 48.5 Å². The third kappa shape index (κ3) is 5.16. The number of amides is 2. The van der Waals surface area contributed by atoms with Gasteiger partial charge in [-0.15, -0.1) is 0 Å². The Labute approximate surface area is 206 Å². The number of ether oxygens (including phenoxy) is 1. The Balaban J connectivity index is 1.64. The van der Waals surface area contributed by atoms with Crippen LogP contribution in [0.4, 0.5) is 11.4 Å². The van der Waals surface area contributed by atoms with E-state index in [9.17, 15) is 14.4 Å². The van der Waals surface area contributed by atoms with Gasteiger partial charge in [-0.1, -0.05) is 48.5 Å². The van der Waals surface area contributed by atoms with Crippen LogP contribution >= 0.6 is 23.4 Å². The molecule has 0 spiro atoms. The summed E-state index contributed by atoms with van der Waals surface area (Å²) in [6.07, 6.45) is 0.720. The first kappa shape index (κ1) is 23.6. The van der Waals surface area contributed by atoms with E-state index in [0.29, 0.717) is 28.6 Å². The van der Waals surface area contributed by atoms with Crippen molar-refractivity contribution < 1.29 is 19.1 Å². The Morgan fingerprint density at radius 3 is 2.26 bits per heavy atom. The fraction of sp³-hybridized carbons (Fsp3) is 0.115. The number of anilines is 2. The molecule has 1 N–H and O–H groups in total. The molecular weight excluding hydrogens is 472 g/mol. The molecule has 0 saturated heterocycles. The van der Waals surface area contributed by atoms with Gasteiger partial charge in [0.05, 0.1) is 17.9 Å². The van der Waals surface area contributed by atoms with E-state index >= 15 is 0 Å². The largest absolute Gasteiger partial charge is 0.462 e. The van der Waals surface area contributed by atoms with Crippen LogP contribution in [0.25, 0.3) is 0 Å². The predicted octanol–water partition coefficient (Wildman–Crippen LogP) is 5.90. The van der Waals surface area contributed by atoms with E-state index < -0.39 is 17.8 Å². The van der Waals surface area contributed by atoms with Crippen molar-refractivity contribution >= 4 is 52.5 Å². The number of hydrogen-bond acceptors (Lipinski definition) is 6. The van der Waals surface area contributed by atoms with Crippen LogP contribution < -0.4 is 10.2 Å². The highest BCUT2D eigenvalue weighted by Crippen LogP contribution is 2.38. The molecule has 1 heterocycles. The average Bonchev–Trinajstić information content (AvgIpc) is 3.08. The number of carbonyl (C=O) groups is 3. The fourth-order valence-corrected chi connectivity index (χ4v) is 4.31. The van der Waals surface area contributed by atoms with Gasteiger partial charge in [-0.3, -0.25) is 9.59 Å². The van der Waals surface area contributed by atoms with Crippen molar-refractivity contribution in [1.82, 2.24) is 0 Å². The Morgan fingerprint density at radius 1 is 0.941 bits per heavy atom. The number of esters is 1. The molecule has 2 amide bonds. The predicted molar refractivity (Wildman–Crippen MR) is 134 cm³/mol. The van der Waals surface area contributed by atoms with E-state index in [2.05, 4.69) is 5.32 Å². The van der Waals surface area contributed by atoms with Crippen molar-refractivity contribution in [3.63, 3.8) is 0 Å². The van der Waals surface area contributed by atoms with E-state index in [-0.39, 0.29) is 10.6 Å². The highest BCUT2D eigenvalue weighted by Gasteiger charge is 2.40. The quantitative estimate of drug-likeness (QED) is 0.312. The van der Waals surface area contributed by atoms with E-state index in [1.807, 2.05) is 37.3 Å². The van der Waals surface area contributed by atoms with Gasteiger partial charge in [0, 0.05) is 15.6 Å². The maximum absolute atomic E-state index is 13.4. The van der Waals surface area contributed by atoms with Crippen molar-refractivity contribution in [2.24, 2.45) is 0 Å². The molecule has 0 aromatic heterocycles. The van der Waals surface area contributed by atoms with E-state index in [0.717, 1.165) is 16.2 Å². The molecule has 1 aliphatic rings. The Kier molecular flexibility index (Phi) is 7.35. The van der Waals surface area contributed by atoms with Crippen molar-refractivity contribution in [3.8, 4) is 0 Å². The number of hydrogen-bond donors (Lipinski definition) is 1. The maximum Gasteiger partial charge on any atom is 0.338 e. The number of rotatable bonds is 8. The lowest BCUT2D eigenvalue weighted by Crippen LogP contribution is -2.32. The third-order valence-corrected chi connectivity index (χ3v) is 6.26. The zero-order valence-corrected chi connectivity index (χ0v) is 19.9. The van der Waals surface area contributed by atoms with Gasteiger partial charge in [0.15, 0.2) is 0 Å². The van der Waals surface area contributed by atoms with Gasteiger partial charge < -0.3 is 10.1 Å². The summed E-state index contributed by atoms with van der Waals surface area (Å²) in [6, 6.07) is 22.4. The lowest BCUT2D eigenvalue weighted by Gasteiger charge is -2.15. The number of nitrogens with one attached hydrogen (secondary N) is 1. The van der Waals surface area contributed by atoms with Gasteiger partial charge in [-0.25, -0.2) is 9.69 Å². The molecule has 0 aliphatic carbocycles. The zero-order valence-electron chi connectivity index (χ0n) is 18.3. The van der Waals surface area contributed by atoms with Crippen LogP contribution in [0, 0.1) is 0 Å². The second-order valence-electron chi connectivity index (χ2n) is 7.38. The summed E-state index contributed by atoms with van der Waals surface area (Å²) < 4.78 is 5.14. The fourth-order valence-electron chi connectivity index (χ4n) is 3.26. The molecule has 0 unspecified atom stereocenters. The summed E-state index contributed by atoms with van der Waals surface area (Å²) in [4.78, 5) is 41.0. The molecule has 0 bridgehead atoms. The molecule has 0 saturated carbocycles. The van der Waals surface area contributed by atoms with Crippen LogP contribution in [0.2, 0.25) is 5.02 Å². The number of imide groups is 1. The summed E-state index contributed by atoms with van der Waals surface area (Å²) >= 11 is 7.17. The molecule has 0 atom stereocenters.